The van der Waals surface area contributed by atoms with Crippen LogP contribution in [0.15, 0.2) is 29.6 Å². The van der Waals surface area contributed by atoms with Crippen molar-refractivity contribution in [2.75, 3.05) is 0 Å². The minimum absolute atomic E-state index is 0.0339. The van der Waals surface area contributed by atoms with Gasteiger partial charge in [0.1, 0.15) is 0 Å². The molecule has 4 heteroatoms. The summed E-state index contributed by atoms with van der Waals surface area (Å²) in [5, 5.41) is 6.27. The largest absolute Gasteiger partial charge is 0.349 e. The highest BCUT2D eigenvalue weighted by atomic mass is 32.1. The van der Waals surface area contributed by atoms with E-state index in [1.54, 1.807) is 11.3 Å². The summed E-state index contributed by atoms with van der Waals surface area (Å²) >= 11 is 1.63. The standard InChI is InChI=1S/C20H28N2OS/c1-6-15-7-9-16(10-8-15)19(13(2)3)22-18(23)11-17-12-24-20(21-17)14(4)5/h7-10,12-14,19H,6,11H2,1-5H3,(H,22,23). The molecule has 1 aromatic heterocycles. The molecule has 0 aliphatic heterocycles. The van der Waals surface area contributed by atoms with E-state index in [0.717, 1.165) is 22.7 Å². The summed E-state index contributed by atoms with van der Waals surface area (Å²) in [7, 11) is 0. The lowest BCUT2D eigenvalue weighted by Crippen LogP contribution is -2.32. The fourth-order valence-corrected chi connectivity index (χ4v) is 3.49. The average molecular weight is 345 g/mol. The first kappa shape index (κ1) is 18.7. The van der Waals surface area contributed by atoms with E-state index in [0.29, 0.717) is 18.3 Å². The minimum atomic E-state index is 0.0339. The number of carbonyl (C=O) groups excluding carboxylic acids is 1. The summed E-state index contributed by atoms with van der Waals surface area (Å²) in [4.78, 5) is 17.0. The topological polar surface area (TPSA) is 42.0 Å². The highest BCUT2D eigenvalue weighted by Crippen LogP contribution is 2.23. The molecule has 1 aromatic carbocycles. The number of aromatic nitrogens is 1. The minimum Gasteiger partial charge on any atom is -0.349 e. The van der Waals surface area contributed by atoms with E-state index in [2.05, 4.69) is 69.2 Å². The lowest BCUT2D eigenvalue weighted by molar-refractivity contribution is -0.121. The molecule has 0 aliphatic rings. The Morgan fingerprint density at radius 3 is 2.33 bits per heavy atom. The van der Waals surface area contributed by atoms with Crippen molar-refractivity contribution in [2.24, 2.45) is 5.92 Å². The molecule has 24 heavy (non-hydrogen) atoms. The SMILES string of the molecule is CCc1ccc(C(NC(=O)Cc2csc(C(C)C)n2)C(C)C)cc1. The van der Waals surface area contributed by atoms with Crippen LogP contribution in [0.5, 0.6) is 0 Å². The Labute approximate surface area is 149 Å². The first-order valence-electron chi connectivity index (χ1n) is 8.73. The zero-order valence-electron chi connectivity index (χ0n) is 15.3. The van der Waals surface area contributed by atoms with Gasteiger partial charge in [-0.15, -0.1) is 11.3 Å². The van der Waals surface area contributed by atoms with Crippen LogP contribution in [-0.2, 0) is 17.6 Å². The predicted molar refractivity (Wildman–Crippen MR) is 101 cm³/mol. The molecule has 1 heterocycles. The van der Waals surface area contributed by atoms with E-state index in [4.69, 9.17) is 0 Å². The van der Waals surface area contributed by atoms with Gasteiger partial charge in [-0.2, -0.15) is 0 Å². The maximum absolute atomic E-state index is 12.5. The van der Waals surface area contributed by atoms with Crippen LogP contribution in [-0.4, -0.2) is 10.9 Å². The van der Waals surface area contributed by atoms with Crippen LogP contribution >= 0.6 is 11.3 Å². The summed E-state index contributed by atoms with van der Waals surface area (Å²) in [6.07, 6.45) is 1.38. The second-order valence-electron chi connectivity index (χ2n) is 6.89. The third-order valence-electron chi connectivity index (χ3n) is 4.14. The number of thiazole rings is 1. The average Bonchev–Trinajstić information content (AvgIpc) is 3.01. The molecule has 0 aliphatic carbocycles. The fourth-order valence-electron chi connectivity index (χ4n) is 2.65. The lowest BCUT2D eigenvalue weighted by Gasteiger charge is -2.23. The van der Waals surface area contributed by atoms with Crippen molar-refractivity contribution < 1.29 is 4.79 Å². The second kappa shape index (κ2) is 8.43. The molecule has 0 bridgehead atoms. The van der Waals surface area contributed by atoms with Crippen LogP contribution in [0.3, 0.4) is 0 Å². The van der Waals surface area contributed by atoms with Gasteiger partial charge < -0.3 is 5.32 Å². The maximum Gasteiger partial charge on any atom is 0.226 e. The van der Waals surface area contributed by atoms with Crippen molar-refractivity contribution >= 4 is 17.2 Å². The van der Waals surface area contributed by atoms with Gasteiger partial charge in [0.15, 0.2) is 0 Å². The lowest BCUT2D eigenvalue weighted by atomic mass is 9.94. The summed E-state index contributed by atoms with van der Waals surface area (Å²) in [6, 6.07) is 8.58. The van der Waals surface area contributed by atoms with Gasteiger partial charge in [-0.25, -0.2) is 4.98 Å². The van der Waals surface area contributed by atoms with E-state index in [-0.39, 0.29) is 11.9 Å². The molecule has 3 nitrogen and oxygen atoms in total. The summed E-state index contributed by atoms with van der Waals surface area (Å²) in [5.41, 5.74) is 3.35. The van der Waals surface area contributed by atoms with E-state index in [1.165, 1.54) is 5.56 Å². The van der Waals surface area contributed by atoms with Crippen molar-refractivity contribution in [1.29, 1.82) is 0 Å². The molecule has 0 radical (unpaired) electrons. The Balaban J connectivity index is 2.04. The first-order chi connectivity index (χ1) is 11.4. The molecule has 0 saturated heterocycles. The number of nitrogens with zero attached hydrogens (tertiary/aromatic N) is 1. The number of rotatable bonds is 7. The summed E-state index contributed by atoms with van der Waals surface area (Å²) in [6.45, 7) is 10.7. The number of hydrogen-bond acceptors (Lipinski definition) is 3. The van der Waals surface area contributed by atoms with Crippen molar-refractivity contribution in [1.82, 2.24) is 10.3 Å². The van der Waals surface area contributed by atoms with Crippen molar-refractivity contribution in [2.45, 2.75) is 59.4 Å². The van der Waals surface area contributed by atoms with E-state index >= 15 is 0 Å². The third kappa shape index (κ3) is 4.91. The Bertz CT molecular complexity index is 659. The van der Waals surface area contributed by atoms with Crippen LogP contribution in [0.1, 0.15) is 68.4 Å². The zero-order chi connectivity index (χ0) is 17.7. The molecule has 0 saturated carbocycles. The van der Waals surface area contributed by atoms with Crippen LogP contribution < -0.4 is 5.32 Å². The van der Waals surface area contributed by atoms with Crippen LogP contribution in [0.25, 0.3) is 0 Å². The molecule has 0 spiro atoms. The Kier molecular flexibility index (Phi) is 6.55. The number of nitrogens with one attached hydrogen (secondary N) is 1. The highest BCUT2D eigenvalue weighted by Gasteiger charge is 2.19. The smallest absolute Gasteiger partial charge is 0.226 e. The van der Waals surface area contributed by atoms with Crippen molar-refractivity contribution in [3.63, 3.8) is 0 Å². The molecule has 2 rings (SSSR count). The summed E-state index contributed by atoms with van der Waals surface area (Å²) in [5.74, 6) is 0.782. The van der Waals surface area contributed by atoms with Crippen LogP contribution in [0, 0.1) is 5.92 Å². The summed E-state index contributed by atoms with van der Waals surface area (Å²) < 4.78 is 0. The Morgan fingerprint density at radius 1 is 1.17 bits per heavy atom. The van der Waals surface area contributed by atoms with Crippen molar-refractivity contribution in [3.05, 3.63) is 51.5 Å². The van der Waals surface area contributed by atoms with Gasteiger partial charge >= 0.3 is 0 Å². The van der Waals surface area contributed by atoms with E-state index < -0.39 is 0 Å². The van der Waals surface area contributed by atoms with Gasteiger partial charge in [-0.1, -0.05) is 58.9 Å². The van der Waals surface area contributed by atoms with Gasteiger partial charge in [0.2, 0.25) is 5.91 Å². The number of aryl methyl sites for hydroxylation is 1. The quantitative estimate of drug-likeness (QED) is 0.777. The molecule has 1 atom stereocenters. The molecular formula is C20H28N2OS. The molecule has 1 amide bonds. The molecule has 2 aromatic rings. The monoisotopic (exact) mass is 344 g/mol. The Hall–Kier alpha value is -1.68. The van der Waals surface area contributed by atoms with Crippen LogP contribution in [0.2, 0.25) is 0 Å². The number of amides is 1. The molecular weight excluding hydrogens is 316 g/mol. The number of carbonyl (C=O) groups is 1. The maximum atomic E-state index is 12.5. The molecule has 1 N–H and O–H groups in total. The normalized spacial score (nSPS) is 12.6. The highest BCUT2D eigenvalue weighted by molar-refractivity contribution is 7.09. The van der Waals surface area contributed by atoms with E-state index in [9.17, 15) is 4.79 Å². The molecule has 0 fully saturated rings. The molecule has 1 unspecified atom stereocenters. The van der Waals surface area contributed by atoms with Gasteiger partial charge in [-0.05, 0) is 23.5 Å². The van der Waals surface area contributed by atoms with Gasteiger partial charge in [0.05, 0.1) is 23.2 Å². The number of benzene rings is 1. The predicted octanol–water partition coefficient (Wildman–Crippen LogP) is 4.88. The first-order valence-corrected chi connectivity index (χ1v) is 9.61. The van der Waals surface area contributed by atoms with Gasteiger partial charge in [0, 0.05) is 11.3 Å². The Morgan fingerprint density at radius 2 is 1.83 bits per heavy atom. The second-order valence-corrected chi connectivity index (χ2v) is 7.78. The molecule has 130 valence electrons. The fraction of sp³-hybridized carbons (Fsp3) is 0.500. The zero-order valence-corrected chi connectivity index (χ0v) is 16.1. The third-order valence-corrected chi connectivity index (χ3v) is 5.33. The number of hydrogen-bond donors (Lipinski definition) is 1. The van der Waals surface area contributed by atoms with Gasteiger partial charge in [0.25, 0.3) is 0 Å². The van der Waals surface area contributed by atoms with E-state index in [1.807, 2.05) is 5.38 Å². The van der Waals surface area contributed by atoms with Gasteiger partial charge in [-0.3, -0.25) is 4.79 Å². The van der Waals surface area contributed by atoms with Crippen molar-refractivity contribution in [3.8, 4) is 0 Å². The van der Waals surface area contributed by atoms with Crippen LogP contribution in [0.4, 0.5) is 0 Å².